The van der Waals surface area contributed by atoms with E-state index in [0.29, 0.717) is 32.4 Å². The number of fused-ring (bicyclic) bond motifs is 3. The molecule has 2 aliphatic rings. The fraction of sp³-hybridized carbons (Fsp3) is 0.412. The van der Waals surface area contributed by atoms with Gasteiger partial charge in [-0.3, -0.25) is 4.79 Å². The molecule has 0 spiro atoms. The van der Waals surface area contributed by atoms with E-state index in [1.807, 2.05) is 0 Å². The molecule has 0 aliphatic carbocycles. The van der Waals surface area contributed by atoms with Crippen molar-refractivity contribution < 1.29 is 23.1 Å². The van der Waals surface area contributed by atoms with Crippen LogP contribution in [-0.2, 0) is 27.6 Å². The molecule has 1 aromatic carbocycles. The van der Waals surface area contributed by atoms with Gasteiger partial charge in [0.15, 0.2) is 9.84 Å². The maximum absolute atomic E-state index is 12.7. The van der Waals surface area contributed by atoms with Crippen molar-refractivity contribution in [1.82, 2.24) is 9.88 Å². The van der Waals surface area contributed by atoms with Crippen LogP contribution in [0.25, 0.3) is 10.9 Å². The fourth-order valence-corrected chi connectivity index (χ4v) is 5.64. The Labute approximate surface area is 144 Å². The van der Waals surface area contributed by atoms with Crippen molar-refractivity contribution in [2.24, 2.45) is 0 Å². The smallest absolute Gasteiger partial charge is 0.335 e. The summed E-state index contributed by atoms with van der Waals surface area (Å²) in [5, 5.41) is 9.04. The molecule has 0 bridgehead atoms. The van der Waals surface area contributed by atoms with E-state index in [2.05, 4.69) is 4.98 Å². The topological polar surface area (TPSA) is 108 Å². The Balaban J connectivity index is 1.68. The highest BCUT2D eigenvalue weighted by molar-refractivity contribution is 7.93. The van der Waals surface area contributed by atoms with Crippen LogP contribution in [0.3, 0.4) is 0 Å². The van der Waals surface area contributed by atoms with Crippen molar-refractivity contribution >= 4 is 32.6 Å². The lowest BCUT2D eigenvalue weighted by Crippen LogP contribution is -2.43. The molecule has 4 rings (SSSR count). The quantitative estimate of drug-likeness (QED) is 0.838. The minimum Gasteiger partial charge on any atom is -0.478 e. The number of nitrogens with one attached hydrogen (secondary N) is 1. The van der Waals surface area contributed by atoms with Gasteiger partial charge in [0.2, 0.25) is 5.91 Å². The summed E-state index contributed by atoms with van der Waals surface area (Å²) < 4.78 is 24.1. The summed E-state index contributed by atoms with van der Waals surface area (Å²) in [6.45, 7) is 0.778. The van der Waals surface area contributed by atoms with Crippen LogP contribution < -0.4 is 0 Å². The number of aromatic carboxylic acids is 1. The van der Waals surface area contributed by atoms with Gasteiger partial charge in [0.25, 0.3) is 0 Å². The summed E-state index contributed by atoms with van der Waals surface area (Å²) in [6.07, 6.45) is 1.53. The normalized spacial score (nSPS) is 22.1. The molecule has 132 valence electrons. The molecule has 1 fully saturated rings. The predicted molar refractivity (Wildman–Crippen MR) is 91.2 cm³/mol. The lowest BCUT2D eigenvalue weighted by molar-refractivity contribution is -0.131. The number of carboxylic acids is 1. The number of carboxylic acid groups (broad SMARTS) is 1. The van der Waals surface area contributed by atoms with Crippen molar-refractivity contribution in [3.63, 3.8) is 0 Å². The Kier molecular flexibility index (Phi) is 3.61. The molecule has 1 amide bonds. The molecule has 2 N–H and O–H groups in total. The summed E-state index contributed by atoms with van der Waals surface area (Å²) in [7, 11) is -3.34. The zero-order chi connectivity index (χ0) is 17.8. The summed E-state index contributed by atoms with van der Waals surface area (Å²) in [5.41, 5.74) is 2.89. The molecule has 0 saturated carbocycles. The van der Waals surface area contributed by atoms with Crippen LogP contribution in [0.4, 0.5) is 0 Å². The maximum Gasteiger partial charge on any atom is 0.335 e. The molecule has 1 unspecified atom stereocenters. The van der Waals surface area contributed by atoms with Crippen LogP contribution in [0.1, 0.15) is 34.5 Å². The second-order valence-electron chi connectivity index (χ2n) is 6.66. The zero-order valence-corrected chi connectivity index (χ0v) is 14.3. The third kappa shape index (κ3) is 2.60. The number of hydrogen-bond donors (Lipinski definition) is 2. The van der Waals surface area contributed by atoms with E-state index in [4.69, 9.17) is 0 Å². The molecular weight excluding hydrogens is 344 g/mol. The minimum atomic E-state index is -3.34. The van der Waals surface area contributed by atoms with Gasteiger partial charge in [-0.05, 0) is 31.0 Å². The molecular formula is C17H18N2O5S. The standard InChI is InChI=1S/C17H18N2O5S/c20-16(15-2-1-7-25(15,23)24)19-6-5-14-12(9-19)11-8-10(17(21)22)3-4-13(11)18-14/h3-4,8,15,18H,1-2,5-7,9H2,(H,21,22). The number of hydrogen-bond acceptors (Lipinski definition) is 4. The molecule has 1 saturated heterocycles. The summed E-state index contributed by atoms with van der Waals surface area (Å²) in [6, 6.07) is 4.87. The van der Waals surface area contributed by atoms with Crippen LogP contribution in [0.5, 0.6) is 0 Å². The number of benzene rings is 1. The summed E-state index contributed by atoms with van der Waals surface area (Å²) in [5.74, 6) is -1.25. The summed E-state index contributed by atoms with van der Waals surface area (Å²) in [4.78, 5) is 28.8. The van der Waals surface area contributed by atoms with Gasteiger partial charge in [-0.25, -0.2) is 13.2 Å². The first-order valence-electron chi connectivity index (χ1n) is 8.24. The average Bonchev–Trinajstić information content (AvgIpc) is 3.12. The van der Waals surface area contributed by atoms with E-state index >= 15 is 0 Å². The average molecular weight is 362 g/mol. The third-order valence-electron chi connectivity index (χ3n) is 5.14. The zero-order valence-electron chi connectivity index (χ0n) is 13.5. The van der Waals surface area contributed by atoms with Crippen molar-refractivity contribution in [1.29, 1.82) is 0 Å². The molecule has 1 atom stereocenters. The SMILES string of the molecule is O=C(O)c1ccc2[nH]c3c(c2c1)CN(C(=O)C1CCCS1(=O)=O)CC3. The molecule has 1 aromatic heterocycles. The number of carbonyl (C=O) groups excluding carboxylic acids is 1. The second kappa shape index (κ2) is 5.59. The molecule has 25 heavy (non-hydrogen) atoms. The van der Waals surface area contributed by atoms with Crippen LogP contribution in [0, 0.1) is 0 Å². The van der Waals surface area contributed by atoms with Gasteiger partial charge in [-0.15, -0.1) is 0 Å². The van der Waals surface area contributed by atoms with Crippen LogP contribution >= 0.6 is 0 Å². The van der Waals surface area contributed by atoms with E-state index in [1.165, 1.54) is 0 Å². The van der Waals surface area contributed by atoms with Crippen molar-refractivity contribution in [3.8, 4) is 0 Å². The largest absolute Gasteiger partial charge is 0.478 e. The number of nitrogens with zero attached hydrogens (tertiary/aromatic N) is 1. The number of H-pyrrole nitrogens is 1. The molecule has 0 radical (unpaired) electrons. The Hall–Kier alpha value is -2.35. The van der Waals surface area contributed by atoms with Gasteiger partial charge < -0.3 is 15.0 Å². The lowest BCUT2D eigenvalue weighted by Gasteiger charge is -2.29. The number of amides is 1. The van der Waals surface area contributed by atoms with Gasteiger partial charge in [0, 0.05) is 41.7 Å². The highest BCUT2D eigenvalue weighted by Gasteiger charge is 2.40. The first kappa shape index (κ1) is 16.1. The van der Waals surface area contributed by atoms with Gasteiger partial charge in [0.05, 0.1) is 11.3 Å². The van der Waals surface area contributed by atoms with Gasteiger partial charge in [0.1, 0.15) is 5.25 Å². The lowest BCUT2D eigenvalue weighted by atomic mass is 10.0. The Morgan fingerprint density at radius 1 is 1.28 bits per heavy atom. The number of aromatic amines is 1. The van der Waals surface area contributed by atoms with Crippen LogP contribution in [0.15, 0.2) is 18.2 Å². The van der Waals surface area contributed by atoms with E-state index < -0.39 is 21.1 Å². The minimum absolute atomic E-state index is 0.0809. The number of rotatable bonds is 2. The number of sulfone groups is 1. The van der Waals surface area contributed by atoms with Crippen molar-refractivity contribution in [3.05, 3.63) is 35.0 Å². The Morgan fingerprint density at radius 3 is 2.76 bits per heavy atom. The first-order chi connectivity index (χ1) is 11.9. The Bertz CT molecular complexity index is 992. The molecule has 7 nitrogen and oxygen atoms in total. The van der Waals surface area contributed by atoms with Gasteiger partial charge in [-0.2, -0.15) is 0 Å². The van der Waals surface area contributed by atoms with Crippen LogP contribution in [-0.4, -0.2) is 52.8 Å². The molecule has 8 heteroatoms. The molecule has 2 aromatic rings. The van der Waals surface area contributed by atoms with Gasteiger partial charge >= 0.3 is 5.97 Å². The summed E-state index contributed by atoms with van der Waals surface area (Å²) >= 11 is 0. The number of carbonyl (C=O) groups is 2. The third-order valence-corrected chi connectivity index (χ3v) is 7.30. The second-order valence-corrected chi connectivity index (χ2v) is 8.96. The first-order valence-corrected chi connectivity index (χ1v) is 9.95. The fourth-order valence-electron chi connectivity index (χ4n) is 3.81. The maximum atomic E-state index is 12.7. The van der Waals surface area contributed by atoms with Crippen LogP contribution in [0.2, 0.25) is 0 Å². The number of aromatic nitrogens is 1. The highest BCUT2D eigenvalue weighted by atomic mass is 32.2. The van der Waals surface area contributed by atoms with Crippen molar-refractivity contribution in [2.75, 3.05) is 12.3 Å². The van der Waals surface area contributed by atoms with E-state index in [1.54, 1.807) is 23.1 Å². The Morgan fingerprint density at radius 2 is 2.08 bits per heavy atom. The molecule has 2 aliphatic heterocycles. The van der Waals surface area contributed by atoms with E-state index in [9.17, 15) is 23.1 Å². The molecule has 3 heterocycles. The van der Waals surface area contributed by atoms with Crippen molar-refractivity contribution in [2.45, 2.75) is 31.1 Å². The van der Waals surface area contributed by atoms with E-state index in [-0.39, 0.29) is 17.2 Å². The van der Waals surface area contributed by atoms with Gasteiger partial charge in [-0.1, -0.05) is 0 Å². The van der Waals surface area contributed by atoms with E-state index in [0.717, 1.165) is 22.2 Å². The predicted octanol–water partition coefficient (Wildman–Crippen LogP) is 1.33. The highest BCUT2D eigenvalue weighted by Crippen LogP contribution is 2.30. The monoisotopic (exact) mass is 362 g/mol.